The molecular formula is C21H26ClN3O2. The van der Waals surface area contributed by atoms with Gasteiger partial charge >= 0.3 is 0 Å². The minimum atomic E-state index is -0.0176. The van der Waals surface area contributed by atoms with Crippen LogP contribution < -0.4 is 15.5 Å². The molecule has 5 nitrogen and oxygen atoms in total. The largest absolute Gasteiger partial charge is 0.378 e. The van der Waals surface area contributed by atoms with Crippen LogP contribution in [0.25, 0.3) is 0 Å². The number of morpholine rings is 1. The number of carbonyl (C=O) groups excluding carboxylic acids is 1. The van der Waals surface area contributed by atoms with Gasteiger partial charge in [0, 0.05) is 19.6 Å². The van der Waals surface area contributed by atoms with E-state index >= 15 is 0 Å². The summed E-state index contributed by atoms with van der Waals surface area (Å²) in [5, 5.41) is 6.88. The fourth-order valence-electron chi connectivity index (χ4n) is 3.17. The summed E-state index contributed by atoms with van der Waals surface area (Å²) >= 11 is 6.42. The first-order valence-corrected chi connectivity index (χ1v) is 9.77. The average Bonchev–Trinajstić information content (AvgIpc) is 2.71. The first kappa shape index (κ1) is 19.5. The van der Waals surface area contributed by atoms with Crippen LogP contribution in [0.1, 0.15) is 12.0 Å². The molecule has 6 heteroatoms. The molecule has 0 aromatic heterocycles. The maximum Gasteiger partial charge on any atom is 0.239 e. The van der Waals surface area contributed by atoms with Gasteiger partial charge in [0.2, 0.25) is 5.91 Å². The van der Waals surface area contributed by atoms with E-state index in [-0.39, 0.29) is 12.5 Å². The molecule has 1 aliphatic rings. The zero-order chi connectivity index (χ0) is 18.9. The van der Waals surface area contributed by atoms with Gasteiger partial charge in [0.1, 0.15) is 0 Å². The molecule has 1 saturated heterocycles. The van der Waals surface area contributed by atoms with Crippen molar-refractivity contribution in [2.24, 2.45) is 0 Å². The second-order valence-corrected chi connectivity index (χ2v) is 6.94. The molecule has 1 aliphatic heterocycles. The molecule has 3 rings (SSSR count). The molecular weight excluding hydrogens is 362 g/mol. The van der Waals surface area contributed by atoms with Crippen molar-refractivity contribution in [3.63, 3.8) is 0 Å². The number of hydrogen-bond donors (Lipinski definition) is 2. The first-order valence-electron chi connectivity index (χ1n) is 9.40. The van der Waals surface area contributed by atoms with Gasteiger partial charge in [-0.15, -0.1) is 0 Å². The second kappa shape index (κ2) is 10.2. The molecule has 0 aliphatic carbocycles. The lowest BCUT2D eigenvalue weighted by Crippen LogP contribution is -2.37. The number of ether oxygens (including phenoxy) is 1. The van der Waals surface area contributed by atoms with Gasteiger partial charge < -0.3 is 20.3 Å². The molecule has 144 valence electrons. The minimum Gasteiger partial charge on any atom is -0.378 e. The maximum atomic E-state index is 12.2. The Morgan fingerprint density at radius 1 is 1.07 bits per heavy atom. The molecule has 1 heterocycles. The number of amides is 1. The van der Waals surface area contributed by atoms with Crippen molar-refractivity contribution in [3.05, 3.63) is 59.1 Å². The third-order valence-corrected chi connectivity index (χ3v) is 4.87. The number of rotatable bonds is 8. The smallest absolute Gasteiger partial charge is 0.239 e. The molecule has 1 fully saturated rings. The van der Waals surface area contributed by atoms with Gasteiger partial charge in [0.15, 0.2) is 0 Å². The van der Waals surface area contributed by atoms with Gasteiger partial charge in [-0.05, 0) is 30.5 Å². The maximum absolute atomic E-state index is 12.2. The molecule has 0 unspecified atom stereocenters. The van der Waals surface area contributed by atoms with Gasteiger partial charge in [-0.2, -0.15) is 0 Å². The number of carbonyl (C=O) groups is 1. The highest BCUT2D eigenvalue weighted by atomic mass is 35.5. The molecule has 2 aromatic carbocycles. The standard InChI is InChI=1S/C21H26ClN3O2/c22-18-9-4-10-19(21(18)25-12-14-27-15-13-25)24-16-20(26)23-11-5-8-17-6-2-1-3-7-17/h1-4,6-7,9-10,24H,5,8,11-16H2,(H,23,26). The van der Waals surface area contributed by atoms with E-state index in [1.807, 2.05) is 36.4 Å². The van der Waals surface area contributed by atoms with Crippen molar-refractivity contribution in [1.82, 2.24) is 5.32 Å². The molecule has 1 amide bonds. The Morgan fingerprint density at radius 3 is 2.63 bits per heavy atom. The Bertz CT molecular complexity index is 733. The van der Waals surface area contributed by atoms with Gasteiger partial charge in [0.05, 0.1) is 36.2 Å². The van der Waals surface area contributed by atoms with E-state index in [9.17, 15) is 4.79 Å². The molecule has 2 N–H and O–H groups in total. The number of benzene rings is 2. The molecule has 0 atom stereocenters. The number of aryl methyl sites for hydroxylation is 1. The summed E-state index contributed by atoms with van der Waals surface area (Å²) in [4.78, 5) is 14.4. The lowest BCUT2D eigenvalue weighted by molar-refractivity contribution is -0.119. The first-order chi connectivity index (χ1) is 13.2. The van der Waals surface area contributed by atoms with Crippen molar-refractivity contribution < 1.29 is 9.53 Å². The van der Waals surface area contributed by atoms with Crippen molar-refractivity contribution >= 4 is 28.9 Å². The zero-order valence-electron chi connectivity index (χ0n) is 15.4. The fourth-order valence-corrected chi connectivity index (χ4v) is 3.46. The van der Waals surface area contributed by atoms with Crippen molar-refractivity contribution in [2.45, 2.75) is 12.8 Å². The van der Waals surface area contributed by atoms with E-state index in [1.165, 1.54) is 5.56 Å². The van der Waals surface area contributed by atoms with Crippen LogP contribution in [-0.4, -0.2) is 45.3 Å². The van der Waals surface area contributed by atoms with Crippen LogP contribution >= 0.6 is 11.6 Å². The highest BCUT2D eigenvalue weighted by molar-refractivity contribution is 6.34. The third kappa shape index (κ3) is 5.88. The van der Waals surface area contributed by atoms with Crippen molar-refractivity contribution in [1.29, 1.82) is 0 Å². The minimum absolute atomic E-state index is 0.0176. The van der Waals surface area contributed by atoms with E-state index in [2.05, 4.69) is 27.7 Å². The number of halogens is 1. The number of anilines is 2. The van der Waals surface area contributed by atoms with E-state index in [4.69, 9.17) is 16.3 Å². The van der Waals surface area contributed by atoms with Crippen molar-refractivity contribution in [2.75, 3.05) is 49.6 Å². The third-order valence-electron chi connectivity index (χ3n) is 4.56. The topological polar surface area (TPSA) is 53.6 Å². The summed E-state index contributed by atoms with van der Waals surface area (Å²) in [6, 6.07) is 16.0. The summed E-state index contributed by atoms with van der Waals surface area (Å²) in [6.07, 6.45) is 1.88. The fraction of sp³-hybridized carbons (Fsp3) is 0.381. The Balaban J connectivity index is 1.46. The molecule has 0 saturated carbocycles. The summed E-state index contributed by atoms with van der Waals surface area (Å²) in [5.74, 6) is -0.0176. The Labute approximate surface area is 165 Å². The quantitative estimate of drug-likeness (QED) is 0.682. The molecule has 0 spiro atoms. The lowest BCUT2D eigenvalue weighted by atomic mass is 10.1. The van der Waals surface area contributed by atoms with Gasteiger partial charge in [-0.1, -0.05) is 48.0 Å². The molecule has 0 bridgehead atoms. The van der Waals surface area contributed by atoms with E-state index in [0.29, 0.717) is 24.8 Å². The summed E-state index contributed by atoms with van der Waals surface area (Å²) in [5.41, 5.74) is 3.11. The van der Waals surface area contributed by atoms with E-state index < -0.39 is 0 Å². The Kier molecular flexibility index (Phi) is 7.36. The molecule has 2 aromatic rings. The van der Waals surface area contributed by atoms with Crippen LogP contribution in [0.2, 0.25) is 5.02 Å². The zero-order valence-corrected chi connectivity index (χ0v) is 16.2. The summed E-state index contributed by atoms with van der Waals surface area (Å²) in [6.45, 7) is 3.86. The Morgan fingerprint density at radius 2 is 1.85 bits per heavy atom. The highest BCUT2D eigenvalue weighted by Gasteiger charge is 2.18. The number of nitrogens with one attached hydrogen (secondary N) is 2. The molecule has 27 heavy (non-hydrogen) atoms. The van der Waals surface area contributed by atoms with Crippen molar-refractivity contribution in [3.8, 4) is 0 Å². The lowest BCUT2D eigenvalue weighted by Gasteiger charge is -2.31. The molecule has 0 radical (unpaired) electrons. The average molecular weight is 388 g/mol. The highest BCUT2D eigenvalue weighted by Crippen LogP contribution is 2.34. The van der Waals surface area contributed by atoms with Crippen LogP contribution in [0.3, 0.4) is 0 Å². The Hall–Kier alpha value is -2.24. The predicted molar refractivity (Wildman–Crippen MR) is 111 cm³/mol. The number of hydrogen-bond acceptors (Lipinski definition) is 4. The summed E-state index contributed by atoms with van der Waals surface area (Å²) in [7, 11) is 0. The van der Waals surface area contributed by atoms with Gasteiger partial charge in [-0.3, -0.25) is 4.79 Å². The van der Waals surface area contributed by atoms with Gasteiger partial charge in [-0.25, -0.2) is 0 Å². The van der Waals surface area contributed by atoms with Crippen LogP contribution in [-0.2, 0) is 16.0 Å². The van der Waals surface area contributed by atoms with Crippen LogP contribution in [0, 0.1) is 0 Å². The van der Waals surface area contributed by atoms with Crippen LogP contribution in [0.15, 0.2) is 48.5 Å². The van der Waals surface area contributed by atoms with Gasteiger partial charge in [0.25, 0.3) is 0 Å². The summed E-state index contributed by atoms with van der Waals surface area (Å²) < 4.78 is 5.42. The second-order valence-electron chi connectivity index (χ2n) is 6.53. The van der Waals surface area contributed by atoms with E-state index in [0.717, 1.165) is 37.3 Å². The van der Waals surface area contributed by atoms with Crippen LogP contribution in [0.4, 0.5) is 11.4 Å². The monoisotopic (exact) mass is 387 g/mol. The number of nitrogens with zero attached hydrogens (tertiary/aromatic N) is 1. The van der Waals surface area contributed by atoms with Crippen LogP contribution in [0.5, 0.6) is 0 Å². The number of para-hydroxylation sites is 1. The SMILES string of the molecule is O=C(CNc1cccc(Cl)c1N1CCOCC1)NCCCc1ccccc1. The predicted octanol–water partition coefficient (Wildman–Crippen LogP) is 3.34. The van der Waals surface area contributed by atoms with E-state index in [1.54, 1.807) is 0 Å². The normalized spacial score (nSPS) is 14.0.